The summed E-state index contributed by atoms with van der Waals surface area (Å²) in [5, 5.41) is 9.93. The van der Waals surface area contributed by atoms with Crippen molar-refractivity contribution >= 4 is 19.5 Å². The van der Waals surface area contributed by atoms with Crippen LogP contribution in [-0.2, 0) is 46.9 Å². The van der Waals surface area contributed by atoms with Gasteiger partial charge in [0.05, 0.1) is 37.3 Å². The van der Waals surface area contributed by atoms with E-state index in [2.05, 4.69) is 4.98 Å². The molecule has 0 bridgehead atoms. The number of carbonyl (C=O) groups excluding carboxylic acids is 2. The second kappa shape index (κ2) is 16.7. The van der Waals surface area contributed by atoms with Gasteiger partial charge < -0.3 is 28.8 Å². The zero-order valence-electron chi connectivity index (χ0n) is 24.4. The average molecular weight is 609 g/mol. The third kappa shape index (κ3) is 13.7. The maximum absolute atomic E-state index is 13.4. The van der Waals surface area contributed by atoms with Crippen molar-refractivity contribution in [2.75, 3.05) is 47.1 Å². The van der Waals surface area contributed by atoms with E-state index in [1.165, 1.54) is 13.3 Å². The molecule has 0 unspecified atom stereocenters. The summed E-state index contributed by atoms with van der Waals surface area (Å²) in [5.41, 5.74) is -3.14. The van der Waals surface area contributed by atoms with E-state index in [4.69, 9.17) is 32.7 Å². The number of aromatic amines is 1. The molecule has 234 valence electrons. The van der Waals surface area contributed by atoms with Gasteiger partial charge in [-0.15, -0.1) is 0 Å². The summed E-state index contributed by atoms with van der Waals surface area (Å²) in [6.45, 7) is 7.76. The number of aliphatic hydroxyl groups is 1. The van der Waals surface area contributed by atoms with Crippen LogP contribution in [0.3, 0.4) is 0 Å². The van der Waals surface area contributed by atoms with Crippen LogP contribution < -0.4 is 11.2 Å². The number of carbonyl (C=O) groups is 2. The summed E-state index contributed by atoms with van der Waals surface area (Å²) in [4.78, 5) is 50.1. The van der Waals surface area contributed by atoms with E-state index in [-0.39, 0.29) is 19.8 Å². The number of methoxy groups -OCH3 is 1. The van der Waals surface area contributed by atoms with Crippen LogP contribution in [0.4, 0.5) is 0 Å². The highest BCUT2D eigenvalue weighted by atomic mass is 31.2. The van der Waals surface area contributed by atoms with Gasteiger partial charge >= 0.3 is 25.2 Å². The first-order valence-electron chi connectivity index (χ1n) is 12.6. The minimum atomic E-state index is -4.25. The highest BCUT2D eigenvalue weighted by molar-refractivity contribution is 7.57. The van der Waals surface area contributed by atoms with Gasteiger partial charge in [0.2, 0.25) is 13.6 Å². The summed E-state index contributed by atoms with van der Waals surface area (Å²) in [6, 6.07) is 1.10. The van der Waals surface area contributed by atoms with E-state index in [0.717, 1.165) is 22.5 Å². The number of aliphatic hydroxyl groups excluding tert-OH is 1. The summed E-state index contributed by atoms with van der Waals surface area (Å²) in [5.74, 6) is -0.333. The first-order valence-corrected chi connectivity index (χ1v) is 14.2. The Bertz CT molecular complexity index is 1130. The smallest absolute Gasteiger partial charge is 0.359 e. The van der Waals surface area contributed by atoms with Crippen LogP contribution in [-0.4, -0.2) is 79.8 Å². The van der Waals surface area contributed by atoms with E-state index < -0.39 is 74.1 Å². The zero-order chi connectivity index (χ0) is 31.3. The number of hydrogen-bond acceptors (Lipinski definition) is 13. The van der Waals surface area contributed by atoms with Crippen LogP contribution in [0.5, 0.6) is 0 Å². The molecule has 1 heterocycles. The highest BCUT2D eigenvalue weighted by Gasteiger charge is 2.29. The Morgan fingerprint density at radius 2 is 1.59 bits per heavy atom. The maximum atomic E-state index is 13.4. The molecule has 16 heteroatoms. The Balaban J connectivity index is 3.13. The lowest BCUT2D eigenvalue weighted by molar-refractivity contribution is -0.161. The molecule has 41 heavy (non-hydrogen) atoms. The molecule has 0 saturated carbocycles. The van der Waals surface area contributed by atoms with E-state index in [1.807, 2.05) is 0 Å². The van der Waals surface area contributed by atoms with Gasteiger partial charge in [0.25, 0.3) is 5.56 Å². The first kappa shape index (κ1) is 36.4. The fourth-order valence-electron chi connectivity index (χ4n) is 2.58. The van der Waals surface area contributed by atoms with Crippen molar-refractivity contribution in [2.45, 2.75) is 53.9 Å². The lowest BCUT2D eigenvalue weighted by Crippen LogP contribution is -2.36. The molecular weight excluding hydrogens is 567 g/mol. The second-order valence-electron chi connectivity index (χ2n) is 10.6. The molecule has 0 aliphatic carbocycles. The van der Waals surface area contributed by atoms with Crippen LogP contribution in [0.15, 0.2) is 33.7 Å². The monoisotopic (exact) mass is 608 g/mol. The van der Waals surface area contributed by atoms with Crippen molar-refractivity contribution in [3.63, 3.8) is 0 Å². The average Bonchev–Trinajstić information content (AvgIpc) is 2.87. The third-order valence-corrected chi connectivity index (χ3v) is 6.39. The summed E-state index contributed by atoms with van der Waals surface area (Å²) in [7, 11) is -2.78. The molecule has 0 aliphatic heterocycles. The molecule has 0 amide bonds. The standard InChI is InChI=1S/C25H41N2O13P/c1-24(2,3)21(30)36-16-38-41(33,39-17-37-22(31)25(4,5)6)13-9-18(14-28)40-20(15-35-12-11-34-7)27-10-8-19(29)26-23(27)32/h8-10,13,18,20,28H,11-12,14-17H2,1-7H3,(H,26,29,32)/b13-9+/t18-,20-/m1/s1. The van der Waals surface area contributed by atoms with Crippen LogP contribution in [0.25, 0.3) is 0 Å². The number of H-pyrrole nitrogens is 1. The Labute approximate surface area is 238 Å². The summed E-state index contributed by atoms with van der Waals surface area (Å²) >= 11 is 0. The Kier molecular flexibility index (Phi) is 14.8. The number of esters is 2. The lowest BCUT2D eigenvalue weighted by Gasteiger charge is -2.24. The van der Waals surface area contributed by atoms with Gasteiger partial charge in [-0.3, -0.25) is 37.5 Å². The normalized spacial score (nSPS) is 14.1. The number of hydrogen-bond donors (Lipinski definition) is 2. The second-order valence-corrected chi connectivity index (χ2v) is 12.5. The van der Waals surface area contributed by atoms with Crippen molar-refractivity contribution in [3.05, 3.63) is 45.0 Å². The zero-order valence-corrected chi connectivity index (χ0v) is 25.3. The maximum Gasteiger partial charge on any atom is 0.359 e. The SMILES string of the molecule is COCCOC[C@@H](O[C@H](/C=C/P(=O)(OCOC(=O)C(C)(C)C)OCOC(=O)C(C)(C)C)CO)n1ccc(=O)[nH]c1=O. The van der Waals surface area contributed by atoms with Gasteiger partial charge in [0, 0.05) is 25.2 Å². The van der Waals surface area contributed by atoms with Crippen molar-refractivity contribution in [3.8, 4) is 0 Å². The van der Waals surface area contributed by atoms with Gasteiger partial charge in [-0.05, 0) is 47.6 Å². The third-order valence-electron chi connectivity index (χ3n) is 4.92. The molecule has 2 N–H and O–H groups in total. The molecule has 0 saturated heterocycles. The van der Waals surface area contributed by atoms with Gasteiger partial charge in [-0.2, -0.15) is 0 Å². The number of nitrogens with one attached hydrogen (secondary N) is 1. The molecular formula is C25H41N2O13P. The van der Waals surface area contributed by atoms with Gasteiger partial charge in [0.15, 0.2) is 6.23 Å². The predicted molar refractivity (Wildman–Crippen MR) is 145 cm³/mol. The molecule has 2 atom stereocenters. The van der Waals surface area contributed by atoms with E-state index >= 15 is 0 Å². The summed E-state index contributed by atoms with van der Waals surface area (Å²) in [6.07, 6.45) is -0.00981. The van der Waals surface area contributed by atoms with Gasteiger partial charge in [-0.25, -0.2) is 4.79 Å². The molecule has 1 rings (SSSR count). The van der Waals surface area contributed by atoms with E-state index in [9.17, 15) is 28.8 Å². The van der Waals surface area contributed by atoms with E-state index in [1.54, 1.807) is 41.5 Å². The highest BCUT2D eigenvalue weighted by Crippen LogP contribution is 2.50. The van der Waals surface area contributed by atoms with Crippen molar-refractivity contribution in [2.24, 2.45) is 10.8 Å². The van der Waals surface area contributed by atoms with Crippen LogP contribution in [0, 0.1) is 10.8 Å². The molecule has 0 spiro atoms. The largest absolute Gasteiger partial charge is 0.438 e. The van der Waals surface area contributed by atoms with E-state index in [0.29, 0.717) is 0 Å². The van der Waals surface area contributed by atoms with Gasteiger partial charge in [0.1, 0.15) is 6.10 Å². The summed E-state index contributed by atoms with van der Waals surface area (Å²) < 4.78 is 51.0. The lowest BCUT2D eigenvalue weighted by atomic mass is 9.98. The number of ether oxygens (including phenoxy) is 5. The Hall–Kier alpha value is -2.65. The molecule has 0 radical (unpaired) electrons. The molecule has 0 fully saturated rings. The fourth-order valence-corrected chi connectivity index (χ4v) is 3.63. The van der Waals surface area contributed by atoms with Crippen molar-refractivity contribution < 1.29 is 52.0 Å². The Morgan fingerprint density at radius 3 is 2.05 bits per heavy atom. The predicted octanol–water partition coefficient (Wildman–Crippen LogP) is 1.91. The molecule has 15 nitrogen and oxygen atoms in total. The molecule has 1 aromatic heterocycles. The topological polar surface area (TPSA) is 191 Å². The molecule has 0 aromatic carbocycles. The van der Waals surface area contributed by atoms with Crippen molar-refractivity contribution in [1.82, 2.24) is 9.55 Å². The van der Waals surface area contributed by atoms with Gasteiger partial charge in [-0.1, -0.05) is 0 Å². The minimum Gasteiger partial charge on any atom is -0.438 e. The number of nitrogens with zero attached hydrogens (tertiary/aromatic N) is 1. The van der Waals surface area contributed by atoms with Crippen LogP contribution in [0.1, 0.15) is 47.8 Å². The molecule has 1 aromatic rings. The Morgan fingerprint density at radius 1 is 1.02 bits per heavy atom. The minimum absolute atomic E-state index is 0.158. The number of aromatic nitrogens is 2. The fraction of sp³-hybridized carbons (Fsp3) is 0.680. The number of rotatable bonds is 17. The van der Waals surface area contributed by atoms with Crippen molar-refractivity contribution in [1.29, 1.82) is 0 Å². The quantitative estimate of drug-likeness (QED) is 0.113. The van der Waals surface area contributed by atoms with Crippen LogP contribution >= 0.6 is 7.60 Å². The van der Waals surface area contributed by atoms with Crippen LogP contribution in [0.2, 0.25) is 0 Å². The first-order chi connectivity index (χ1) is 19.0. The molecule has 0 aliphatic rings.